The summed E-state index contributed by atoms with van der Waals surface area (Å²) in [6, 6.07) is 2.03. The average Bonchev–Trinajstić information content (AvgIpc) is 2.76. The molecule has 0 bridgehead atoms. The molecule has 3 nitrogen and oxygen atoms in total. The Labute approximate surface area is 95.5 Å². The first-order valence-corrected chi connectivity index (χ1v) is 5.65. The van der Waals surface area contributed by atoms with Crippen LogP contribution >= 0.6 is 0 Å². The van der Waals surface area contributed by atoms with Gasteiger partial charge in [-0.05, 0) is 37.5 Å². The number of aromatic nitrogens is 2. The van der Waals surface area contributed by atoms with Gasteiger partial charge in [0.05, 0.1) is 0 Å². The second-order valence-corrected chi connectivity index (χ2v) is 4.27. The molecule has 2 rings (SSSR count). The summed E-state index contributed by atoms with van der Waals surface area (Å²) >= 11 is 0. The Hall–Kier alpha value is -1.64. The van der Waals surface area contributed by atoms with Gasteiger partial charge in [0.2, 0.25) is 0 Å². The summed E-state index contributed by atoms with van der Waals surface area (Å²) < 4.78 is 0. The fraction of sp³-hybridized carbons (Fsp3) is 0.385. The molecule has 0 aliphatic rings. The van der Waals surface area contributed by atoms with Gasteiger partial charge in [-0.15, -0.1) is 0 Å². The van der Waals surface area contributed by atoms with Crippen molar-refractivity contribution in [3.63, 3.8) is 0 Å². The third-order valence-electron chi connectivity index (χ3n) is 3.19. The van der Waals surface area contributed by atoms with Crippen LogP contribution in [0.15, 0.2) is 12.3 Å². The predicted molar refractivity (Wildman–Crippen MR) is 64.9 cm³/mol. The molecule has 0 spiro atoms. The van der Waals surface area contributed by atoms with Gasteiger partial charge in [0.15, 0.2) is 5.88 Å². The second kappa shape index (κ2) is 4.08. The third kappa shape index (κ3) is 1.85. The highest BCUT2D eigenvalue weighted by Gasteiger charge is 2.09. The summed E-state index contributed by atoms with van der Waals surface area (Å²) in [5.74, 6) is 0.304. The number of hydrogen-bond acceptors (Lipinski definition) is 1. The molecule has 2 aromatic rings. The van der Waals surface area contributed by atoms with Gasteiger partial charge in [-0.1, -0.05) is 6.92 Å². The Kier molecular flexibility index (Phi) is 2.77. The van der Waals surface area contributed by atoms with Crippen LogP contribution in [-0.4, -0.2) is 15.1 Å². The molecular weight excluding hydrogens is 200 g/mol. The zero-order chi connectivity index (χ0) is 11.7. The summed E-state index contributed by atoms with van der Waals surface area (Å²) in [6.45, 7) is 6.25. The molecule has 0 amide bonds. The standard InChI is InChI=1S/C13H18N2O/c1-4-10-5-11(15-13(10)16)6-12-9(3)8(2)7-14-12/h5,7,14-16H,4,6H2,1-3H3. The second-order valence-electron chi connectivity index (χ2n) is 4.27. The highest BCUT2D eigenvalue weighted by Crippen LogP contribution is 2.21. The molecule has 0 aliphatic heterocycles. The van der Waals surface area contributed by atoms with E-state index in [2.05, 4.69) is 23.8 Å². The van der Waals surface area contributed by atoms with Gasteiger partial charge in [0.25, 0.3) is 0 Å². The Morgan fingerprint density at radius 3 is 2.56 bits per heavy atom. The molecule has 2 aromatic heterocycles. The van der Waals surface area contributed by atoms with E-state index in [1.54, 1.807) is 0 Å². The number of H-pyrrole nitrogens is 2. The molecular formula is C13H18N2O. The third-order valence-corrected chi connectivity index (χ3v) is 3.19. The fourth-order valence-corrected chi connectivity index (χ4v) is 1.94. The van der Waals surface area contributed by atoms with Crippen molar-refractivity contribution < 1.29 is 5.11 Å². The summed E-state index contributed by atoms with van der Waals surface area (Å²) in [5, 5.41) is 9.62. The Bertz CT molecular complexity index is 494. The van der Waals surface area contributed by atoms with Crippen LogP contribution in [0.5, 0.6) is 5.88 Å². The molecule has 0 aliphatic carbocycles. The minimum absolute atomic E-state index is 0.304. The van der Waals surface area contributed by atoms with Crippen molar-refractivity contribution in [1.29, 1.82) is 0 Å². The van der Waals surface area contributed by atoms with E-state index in [9.17, 15) is 5.11 Å². The van der Waals surface area contributed by atoms with E-state index >= 15 is 0 Å². The van der Waals surface area contributed by atoms with Crippen LogP contribution in [-0.2, 0) is 12.8 Å². The first kappa shape index (κ1) is 10.9. The normalized spacial score (nSPS) is 10.9. The highest BCUT2D eigenvalue weighted by molar-refractivity contribution is 5.35. The van der Waals surface area contributed by atoms with Crippen LogP contribution < -0.4 is 0 Å². The van der Waals surface area contributed by atoms with Crippen LogP contribution in [0.25, 0.3) is 0 Å². The van der Waals surface area contributed by atoms with E-state index in [0.29, 0.717) is 5.88 Å². The summed E-state index contributed by atoms with van der Waals surface area (Å²) in [5.41, 5.74) is 5.82. The molecule has 0 saturated heterocycles. The van der Waals surface area contributed by atoms with Crippen molar-refractivity contribution in [3.8, 4) is 5.88 Å². The number of aromatic amines is 2. The lowest BCUT2D eigenvalue weighted by atomic mass is 10.1. The van der Waals surface area contributed by atoms with Crippen molar-refractivity contribution in [1.82, 2.24) is 9.97 Å². The van der Waals surface area contributed by atoms with E-state index in [1.165, 1.54) is 16.8 Å². The molecule has 0 aromatic carbocycles. The SMILES string of the molecule is CCc1cc(Cc2[nH]cc(C)c2C)[nH]c1O. The van der Waals surface area contributed by atoms with Crippen molar-refractivity contribution >= 4 is 0 Å². The Morgan fingerprint density at radius 1 is 1.31 bits per heavy atom. The maximum Gasteiger partial charge on any atom is 0.191 e. The smallest absolute Gasteiger partial charge is 0.191 e. The molecule has 0 atom stereocenters. The summed E-state index contributed by atoms with van der Waals surface area (Å²) in [6.07, 6.45) is 3.69. The zero-order valence-corrected chi connectivity index (χ0v) is 10.0. The predicted octanol–water partition coefficient (Wildman–Crippen LogP) is 2.82. The molecule has 16 heavy (non-hydrogen) atoms. The van der Waals surface area contributed by atoms with Gasteiger partial charge < -0.3 is 15.1 Å². The largest absolute Gasteiger partial charge is 0.494 e. The Balaban J connectivity index is 2.23. The van der Waals surface area contributed by atoms with Gasteiger partial charge in [-0.25, -0.2) is 0 Å². The van der Waals surface area contributed by atoms with Crippen molar-refractivity contribution in [3.05, 3.63) is 40.3 Å². The van der Waals surface area contributed by atoms with E-state index in [-0.39, 0.29) is 0 Å². The topological polar surface area (TPSA) is 51.8 Å². The number of nitrogens with one attached hydrogen (secondary N) is 2. The summed E-state index contributed by atoms with van der Waals surface area (Å²) in [4.78, 5) is 6.28. The number of rotatable bonds is 3. The van der Waals surface area contributed by atoms with E-state index in [0.717, 1.165) is 24.1 Å². The molecule has 0 saturated carbocycles. The first-order chi connectivity index (χ1) is 7.61. The molecule has 0 fully saturated rings. The first-order valence-electron chi connectivity index (χ1n) is 5.65. The van der Waals surface area contributed by atoms with Gasteiger partial charge in [0.1, 0.15) is 0 Å². The van der Waals surface area contributed by atoms with Gasteiger partial charge in [-0.3, -0.25) is 0 Å². The van der Waals surface area contributed by atoms with Crippen molar-refractivity contribution in [2.24, 2.45) is 0 Å². The van der Waals surface area contributed by atoms with Crippen LogP contribution in [0.2, 0.25) is 0 Å². The maximum absolute atomic E-state index is 9.62. The number of aromatic hydroxyl groups is 1. The minimum atomic E-state index is 0.304. The number of hydrogen-bond donors (Lipinski definition) is 3. The highest BCUT2D eigenvalue weighted by atomic mass is 16.3. The van der Waals surface area contributed by atoms with E-state index < -0.39 is 0 Å². The van der Waals surface area contributed by atoms with Crippen LogP contribution in [0.1, 0.15) is 35.0 Å². The van der Waals surface area contributed by atoms with Crippen molar-refractivity contribution in [2.75, 3.05) is 0 Å². The number of aryl methyl sites for hydroxylation is 2. The molecule has 0 radical (unpaired) electrons. The zero-order valence-electron chi connectivity index (χ0n) is 10.0. The molecule has 0 unspecified atom stereocenters. The lowest BCUT2D eigenvalue weighted by Gasteiger charge is -1.98. The van der Waals surface area contributed by atoms with Crippen LogP contribution in [0.3, 0.4) is 0 Å². The lowest BCUT2D eigenvalue weighted by Crippen LogP contribution is -1.90. The molecule has 3 N–H and O–H groups in total. The molecule has 2 heterocycles. The van der Waals surface area contributed by atoms with Crippen molar-refractivity contribution in [2.45, 2.75) is 33.6 Å². The van der Waals surface area contributed by atoms with Crippen LogP contribution in [0, 0.1) is 13.8 Å². The van der Waals surface area contributed by atoms with Gasteiger partial charge >= 0.3 is 0 Å². The Morgan fingerprint density at radius 2 is 2.06 bits per heavy atom. The quantitative estimate of drug-likeness (QED) is 0.729. The van der Waals surface area contributed by atoms with E-state index in [1.807, 2.05) is 19.2 Å². The van der Waals surface area contributed by atoms with Crippen LogP contribution in [0.4, 0.5) is 0 Å². The fourth-order valence-electron chi connectivity index (χ4n) is 1.94. The molecule has 3 heteroatoms. The molecule has 86 valence electrons. The van der Waals surface area contributed by atoms with E-state index in [4.69, 9.17) is 0 Å². The average molecular weight is 218 g/mol. The monoisotopic (exact) mass is 218 g/mol. The minimum Gasteiger partial charge on any atom is -0.494 e. The van der Waals surface area contributed by atoms with Gasteiger partial charge in [-0.2, -0.15) is 0 Å². The summed E-state index contributed by atoms with van der Waals surface area (Å²) in [7, 11) is 0. The van der Waals surface area contributed by atoms with Gasteiger partial charge in [0, 0.05) is 29.6 Å². The maximum atomic E-state index is 9.62. The lowest BCUT2D eigenvalue weighted by molar-refractivity contribution is 0.450.